The highest BCUT2D eigenvalue weighted by Gasteiger charge is 2.17. The molecule has 0 amide bonds. The van der Waals surface area contributed by atoms with E-state index >= 15 is 0 Å². The lowest BCUT2D eigenvalue weighted by atomic mass is 10.2. The molecule has 0 radical (unpaired) electrons. The van der Waals surface area contributed by atoms with E-state index in [9.17, 15) is 0 Å². The lowest BCUT2D eigenvalue weighted by Gasteiger charge is -2.36. The van der Waals surface area contributed by atoms with Gasteiger partial charge in [-0.3, -0.25) is 4.90 Å². The Balaban J connectivity index is 0.00000180. The van der Waals surface area contributed by atoms with Crippen molar-refractivity contribution in [2.45, 2.75) is 13.8 Å². The van der Waals surface area contributed by atoms with Crippen LogP contribution in [0.1, 0.15) is 13.8 Å². The number of halogens is 2. The molecule has 0 N–H and O–H groups in total. The molecule has 1 heterocycles. The summed E-state index contributed by atoms with van der Waals surface area (Å²) in [6, 6.07) is 8.37. The minimum atomic E-state index is 0. The van der Waals surface area contributed by atoms with Gasteiger partial charge in [0, 0.05) is 38.4 Å². The van der Waals surface area contributed by atoms with Gasteiger partial charge in [-0.25, -0.2) is 0 Å². The first-order chi connectivity index (χ1) is 8.69. The number of hydrogen-bond donors (Lipinski definition) is 0. The first kappa shape index (κ1) is 19.4. The molecule has 0 bridgehead atoms. The first-order valence-electron chi connectivity index (χ1n) is 6.80. The van der Waals surface area contributed by atoms with E-state index in [1.807, 2.05) is 12.1 Å². The molecule has 1 aliphatic rings. The first-order valence-corrected chi connectivity index (χ1v) is 6.80. The van der Waals surface area contributed by atoms with Gasteiger partial charge in [0.05, 0.1) is 7.11 Å². The van der Waals surface area contributed by atoms with Crippen molar-refractivity contribution < 1.29 is 4.74 Å². The van der Waals surface area contributed by atoms with Crippen molar-refractivity contribution in [3.8, 4) is 5.75 Å². The molecule has 1 aromatic carbocycles. The maximum Gasteiger partial charge on any atom is 0.119 e. The Hall–Kier alpha value is -0.640. The van der Waals surface area contributed by atoms with Crippen molar-refractivity contribution in [1.82, 2.24) is 4.90 Å². The van der Waals surface area contributed by atoms with Crippen LogP contribution >= 0.6 is 24.8 Å². The van der Waals surface area contributed by atoms with Crippen LogP contribution in [0, 0.1) is 5.92 Å². The Morgan fingerprint density at radius 3 is 2.00 bits per heavy atom. The van der Waals surface area contributed by atoms with Crippen molar-refractivity contribution >= 4 is 30.5 Å². The van der Waals surface area contributed by atoms with Gasteiger partial charge in [0.15, 0.2) is 0 Å². The zero-order chi connectivity index (χ0) is 13.0. The number of methoxy groups -OCH3 is 1. The SMILES string of the molecule is COc1ccc(N2CCN(CC(C)C)CC2)cc1.Cl.Cl. The van der Waals surface area contributed by atoms with E-state index in [1.54, 1.807) is 7.11 Å². The molecule has 2 rings (SSSR count). The monoisotopic (exact) mass is 320 g/mol. The number of nitrogens with zero attached hydrogens (tertiary/aromatic N) is 2. The number of anilines is 1. The van der Waals surface area contributed by atoms with E-state index in [1.165, 1.54) is 25.3 Å². The largest absolute Gasteiger partial charge is 0.497 e. The molecule has 1 fully saturated rings. The maximum atomic E-state index is 5.19. The molecular formula is C15H26Cl2N2O. The Bertz CT molecular complexity index is 363. The quantitative estimate of drug-likeness (QED) is 0.846. The second kappa shape index (κ2) is 9.32. The van der Waals surface area contributed by atoms with Crippen LogP contribution in [-0.4, -0.2) is 44.7 Å². The highest BCUT2D eigenvalue weighted by atomic mass is 35.5. The summed E-state index contributed by atoms with van der Waals surface area (Å²) in [6.07, 6.45) is 0. The molecule has 20 heavy (non-hydrogen) atoms. The zero-order valence-electron chi connectivity index (χ0n) is 12.5. The average Bonchev–Trinajstić information content (AvgIpc) is 2.39. The predicted octanol–water partition coefficient (Wildman–Crippen LogP) is 3.32. The smallest absolute Gasteiger partial charge is 0.119 e. The van der Waals surface area contributed by atoms with Crippen LogP contribution < -0.4 is 9.64 Å². The Morgan fingerprint density at radius 1 is 1.00 bits per heavy atom. The fourth-order valence-corrected chi connectivity index (χ4v) is 2.50. The number of piperazine rings is 1. The Morgan fingerprint density at radius 2 is 1.55 bits per heavy atom. The number of rotatable bonds is 4. The van der Waals surface area contributed by atoms with Gasteiger partial charge in [0.25, 0.3) is 0 Å². The molecule has 116 valence electrons. The highest BCUT2D eigenvalue weighted by molar-refractivity contribution is 5.85. The van der Waals surface area contributed by atoms with E-state index in [4.69, 9.17) is 4.74 Å². The molecule has 5 heteroatoms. The summed E-state index contributed by atoms with van der Waals surface area (Å²) >= 11 is 0. The molecule has 0 aromatic heterocycles. The second-order valence-electron chi connectivity index (χ2n) is 5.38. The van der Waals surface area contributed by atoms with Crippen molar-refractivity contribution in [3.63, 3.8) is 0 Å². The van der Waals surface area contributed by atoms with E-state index in [2.05, 4.69) is 35.8 Å². The highest BCUT2D eigenvalue weighted by Crippen LogP contribution is 2.20. The molecule has 0 atom stereocenters. The molecule has 0 aliphatic carbocycles. The lowest BCUT2D eigenvalue weighted by Crippen LogP contribution is -2.47. The fraction of sp³-hybridized carbons (Fsp3) is 0.600. The summed E-state index contributed by atoms with van der Waals surface area (Å²) in [5.74, 6) is 1.69. The van der Waals surface area contributed by atoms with Crippen LogP contribution in [0.5, 0.6) is 5.75 Å². The van der Waals surface area contributed by atoms with Gasteiger partial charge in [0.2, 0.25) is 0 Å². The van der Waals surface area contributed by atoms with Gasteiger partial charge < -0.3 is 9.64 Å². The van der Waals surface area contributed by atoms with Gasteiger partial charge in [-0.05, 0) is 30.2 Å². The van der Waals surface area contributed by atoms with Crippen molar-refractivity contribution in [1.29, 1.82) is 0 Å². The van der Waals surface area contributed by atoms with Crippen LogP contribution in [-0.2, 0) is 0 Å². The topological polar surface area (TPSA) is 15.7 Å². The van der Waals surface area contributed by atoms with Crippen LogP contribution in [0.4, 0.5) is 5.69 Å². The molecule has 0 saturated carbocycles. The summed E-state index contributed by atoms with van der Waals surface area (Å²) in [6.45, 7) is 10.4. The Labute approximate surface area is 135 Å². The average molecular weight is 321 g/mol. The maximum absolute atomic E-state index is 5.19. The predicted molar refractivity (Wildman–Crippen MR) is 91.0 cm³/mol. The summed E-state index contributed by atoms with van der Waals surface area (Å²) in [5.41, 5.74) is 1.31. The second-order valence-corrected chi connectivity index (χ2v) is 5.38. The number of hydrogen-bond acceptors (Lipinski definition) is 3. The minimum Gasteiger partial charge on any atom is -0.497 e. The van der Waals surface area contributed by atoms with Gasteiger partial charge in [-0.1, -0.05) is 13.8 Å². The van der Waals surface area contributed by atoms with E-state index < -0.39 is 0 Å². The fourth-order valence-electron chi connectivity index (χ4n) is 2.50. The third-order valence-electron chi connectivity index (χ3n) is 3.43. The van der Waals surface area contributed by atoms with Crippen molar-refractivity contribution in [2.24, 2.45) is 5.92 Å². The molecule has 0 unspecified atom stereocenters. The normalized spacial score (nSPS) is 15.5. The summed E-state index contributed by atoms with van der Waals surface area (Å²) in [5, 5.41) is 0. The van der Waals surface area contributed by atoms with Crippen LogP contribution in [0.25, 0.3) is 0 Å². The van der Waals surface area contributed by atoms with E-state index in [0.717, 1.165) is 24.8 Å². The van der Waals surface area contributed by atoms with Crippen LogP contribution in [0.2, 0.25) is 0 Å². The van der Waals surface area contributed by atoms with Crippen LogP contribution in [0.3, 0.4) is 0 Å². The summed E-state index contributed by atoms with van der Waals surface area (Å²) < 4.78 is 5.19. The van der Waals surface area contributed by atoms with Crippen molar-refractivity contribution in [3.05, 3.63) is 24.3 Å². The Kier molecular flexibility index (Phi) is 9.03. The van der Waals surface area contributed by atoms with Gasteiger partial charge in [0.1, 0.15) is 5.75 Å². The summed E-state index contributed by atoms with van der Waals surface area (Å²) in [4.78, 5) is 5.01. The molecule has 1 aromatic rings. The lowest BCUT2D eigenvalue weighted by molar-refractivity contribution is 0.231. The molecule has 3 nitrogen and oxygen atoms in total. The standard InChI is InChI=1S/C15H24N2O.2ClH/c1-13(2)12-16-8-10-17(11-9-16)14-4-6-15(18-3)7-5-14;;/h4-7,13H,8-12H2,1-3H3;2*1H. The van der Waals surface area contributed by atoms with Crippen molar-refractivity contribution in [2.75, 3.05) is 44.7 Å². The molecule has 1 aliphatic heterocycles. The van der Waals surface area contributed by atoms with Gasteiger partial charge >= 0.3 is 0 Å². The number of benzene rings is 1. The summed E-state index contributed by atoms with van der Waals surface area (Å²) in [7, 11) is 1.71. The third kappa shape index (κ3) is 5.39. The zero-order valence-corrected chi connectivity index (χ0v) is 14.2. The molecular weight excluding hydrogens is 295 g/mol. The molecule has 1 saturated heterocycles. The van der Waals surface area contributed by atoms with Gasteiger partial charge in [-0.2, -0.15) is 0 Å². The molecule has 0 spiro atoms. The van der Waals surface area contributed by atoms with E-state index in [0.29, 0.717) is 0 Å². The minimum absolute atomic E-state index is 0. The third-order valence-corrected chi connectivity index (χ3v) is 3.43. The number of ether oxygens (including phenoxy) is 1. The van der Waals surface area contributed by atoms with Crippen LogP contribution in [0.15, 0.2) is 24.3 Å². The van der Waals surface area contributed by atoms with E-state index in [-0.39, 0.29) is 24.8 Å². The van der Waals surface area contributed by atoms with Gasteiger partial charge in [-0.15, -0.1) is 24.8 Å².